The van der Waals surface area contributed by atoms with Crippen molar-refractivity contribution in [1.82, 2.24) is 4.90 Å². The zero-order valence-electron chi connectivity index (χ0n) is 10.4. The van der Waals surface area contributed by atoms with Crippen LogP contribution < -0.4 is 0 Å². The van der Waals surface area contributed by atoms with Gasteiger partial charge in [-0.3, -0.25) is 4.79 Å². The molecule has 1 unspecified atom stereocenters. The Morgan fingerprint density at radius 3 is 3.00 bits per heavy atom. The van der Waals surface area contributed by atoms with Crippen molar-refractivity contribution in [2.45, 2.75) is 32.1 Å². The Hall–Kier alpha value is -1.36. The Morgan fingerprint density at radius 1 is 1.61 bits per heavy atom. The Bertz CT molecular complexity index is 416. The molecule has 18 heavy (non-hydrogen) atoms. The Morgan fingerprint density at radius 2 is 2.44 bits per heavy atom. The van der Waals surface area contributed by atoms with Crippen LogP contribution in [0.4, 0.5) is 4.79 Å². The Labute approximate surface area is 111 Å². The maximum Gasteiger partial charge on any atom is 0.416 e. The van der Waals surface area contributed by atoms with Crippen molar-refractivity contribution in [3.63, 3.8) is 0 Å². The molecule has 2 heterocycles. The van der Waals surface area contributed by atoms with Crippen LogP contribution in [0.1, 0.15) is 37.7 Å². The summed E-state index contributed by atoms with van der Waals surface area (Å²) < 4.78 is 4.83. The van der Waals surface area contributed by atoms with Gasteiger partial charge in [0.25, 0.3) is 0 Å². The number of carbonyl (C=O) groups excluding carboxylic acids is 2. The number of carbonyl (C=O) groups is 2. The number of cyclic esters (lactones) is 1. The number of hydrogen-bond donors (Lipinski definition) is 0. The first kappa shape index (κ1) is 13.1. The zero-order valence-corrected chi connectivity index (χ0v) is 11.2. The summed E-state index contributed by atoms with van der Waals surface area (Å²) in [6.45, 7) is 2.79. The molecule has 0 spiro atoms. The van der Waals surface area contributed by atoms with E-state index in [0.29, 0.717) is 13.2 Å². The quantitative estimate of drug-likeness (QED) is 0.824. The predicted octanol–water partition coefficient (Wildman–Crippen LogP) is 3.00. The van der Waals surface area contributed by atoms with Gasteiger partial charge in [0.05, 0.1) is 12.5 Å². The minimum Gasteiger partial charge on any atom is -0.447 e. The highest BCUT2D eigenvalue weighted by Gasteiger charge is 2.33. The van der Waals surface area contributed by atoms with E-state index < -0.39 is 6.09 Å². The van der Waals surface area contributed by atoms with E-state index in [9.17, 15) is 9.59 Å². The maximum atomic E-state index is 12.4. The minimum atomic E-state index is -0.503. The fourth-order valence-electron chi connectivity index (χ4n) is 2.10. The average Bonchev–Trinajstić information content (AvgIpc) is 3.00. The molecule has 0 aliphatic carbocycles. The third-order valence-electron chi connectivity index (χ3n) is 3.12. The van der Waals surface area contributed by atoms with Gasteiger partial charge in [-0.2, -0.15) is 11.3 Å². The predicted molar refractivity (Wildman–Crippen MR) is 69.6 cm³/mol. The van der Waals surface area contributed by atoms with E-state index in [1.165, 1.54) is 4.90 Å². The smallest absolute Gasteiger partial charge is 0.416 e. The number of hydrogen-bond acceptors (Lipinski definition) is 4. The molecule has 0 radical (unpaired) electrons. The third kappa shape index (κ3) is 2.72. The second-order valence-corrected chi connectivity index (χ2v) is 5.14. The first-order valence-electron chi connectivity index (χ1n) is 6.24. The molecule has 0 bridgehead atoms. The van der Waals surface area contributed by atoms with Crippen LogP contribution in [0.25, 0.3) is 0 Å². The molecular weight excluding hydrogens is 250 g/mol. The molecule has 1 aliphatic rings. The summed E-state index contributed by atoms with van der Waals surface area (Å²) in [5.74, 6) is -0.328. The second kappa shape index (κ2) is 6.00. The van der Waals surface area contributed by atoms with Gasteiger partial charge < -0.3 is 4.74 Å². The van der Waals surface area contributed by atoms with Crippen molar-refractivity contribution < 1.29 is 14.3 Å². The first-order valence-corrected chi connectivity index (χ1v) is 7.18. The van der Waals surface area contributed by atoms with E-state index in [1.807, 2.05) is 16.8 Å². The van der Waals surface area contributed by atoms with Gasteiger partial charge in [-0.05, 0) is 28.8 Å². The fourth-order valence-corrected chi connectivity index (χ4v) is 2.81. The molecule has 98 valence electrons. The van der Waals surface area contributed by atoms with Gasteiger partial charge in [0.15, 0.2) is 0 Å². The number of ether oxygens (including phenoxy) is 1. The fraction of sp³-hybridized carbons (Fsp3) is 0.538. The van der Waals surface area contributed by atoms with Gasteiger partial charge in [-0.25, -0.2) is 9.69 Å². The van der Waals surface area contributed by atoms with E-state index in [0.717, 1.165) is 24.8 Å². The molecule has 1 fully saturated rings. The lowest BCUT2D eigenvalue weighted by molar-refractivity contribution is -0.129. The molecule has 4 nitrogen and oxygen atoms in total. The Balaban J connectivity index is 2.13. The molecule has 1 aliphatic heterocycles. The topological polar surface area (TPSA) is 46.6 Å². The zero-order chi connectivity index (χ0) is 13.0. The highest BCUT2D eigenvalue weighted by Crippen LogP contribution is 2.27. The van der Waals surface area contributed by atoms with Crippen LogP contribution in [0.15, 0.2) is 16.8 Å². The van der Waals surface area contributed by atoms with Crippen molar-refractivity contribution in [3.8, 4) is 0 Å². The van der Waals surface area contributed by atoms with E-state index in [-0.39, 0.29) is 11.8 Å². The van der Waals surface area contributed by atoms with Crippen LogP contribution in [0.3, 0.4) is 0 Å². The van der Waals surface area contributed by atoms with Gasteiger partial charge in [-0.15, -0.1) is 0 Å². The number of amides is 2. The first-order chi connectivity index (χ1) is 8.74. The van der Waals surface area contributed by atoms with E-state index in [2.05, 4.69) is 6.92 Å². The number of imide groups is 1. The summed E-state index contributed by atoms with van der Waals surface area (Å²) in [6, 6.07) is 1.96. The lowest BCUT2D eigenvalue weighted by atomic mass is 9.94. The number of unbranched alkanes of at least 4 members (excludes halogenated alkanes) is 1. The highest BCUT2D eigenvalue weighted by atomic mass is 32.1. The third-order valence-corrected chi connectivity index (χ3v) is 3.82. The molecule has 1 saturated heterocycles. The minimum absolute atomic E-state index is 0.121. The van der Waals surface area contributed by atoms with E-state index >= 15 is 0 Å². The molecule has 2 amide bonds. The van der Waals surface area contributed by atoms with Crippen molar-refractivity contribution in [2.24, 2.45) is 0 Å². The van der Waals surface area contributed by atoms with Crippen molar-refractivity contribution in [3.05, 3.63) is 22.4 Å². The molecule has 1 aromatic rings. The van der Waals surface area contributed by atoms with E-state index in [1.54, 1.807) is 11.3 Å². The number of thiophene rings is 1. The molecule has 0 N–H and O–H groups in total. The summed E-state index contributed by atoms with van der Waals surface area (Å²) in [7, 11) is 0. The van der Waals surface area contributed by atoms with Crippen molar-refractivity contribution in [2.75, 3.05) is 13.2 Å². The van der Waals surface area contributed by atoms with Crippen molar-refractivity contribution >= 4 is 23.3 Å². The van der Waals surface area contributed by atoms with Gasteiger partial charge >= 0.3 is 6.09 Å². The van der Waals surface area contributed by atoms with Crippen LogP contribution in [0.5, 0.6) is 0 Å². The van der Waals surface area contributed by atoms with Gasteiger partial charge in [-0.1, -0.05) is 19.8 Å². The molecular formula is C13H17NO3S. The molecule has 1 atom stereocenters. The highest BCUT2D eigenvalue weighted by molar-refractivity contribution is 7.08. The molecule has 5 heteroatoms. The van der Waals surface area contributed by atoms with Crippen LogP contribution >= 0.6 is 11.3 Å². The average molecular weight is 267 g/mol. The lowest BCUT2D eigenvalue weighted by Crippen LogP contribution is -2.35. The lowest BCUT2D eigenvalue weighted by Gasteiger charge is -2.19. The number of nitrogens with zero attached hydrogens (tertiary/aromatic N) is 1. The SMILES string of the molecule is CCCCC(C(=O)N1CCOC1=O)c1ccsc1. The molecule has 0 saturated carbocycles. The monoisotopic (exact) mass is 267 g/mol. The Kier molecular flexibility index (Phi) is 4.36. The normalized spacial score (nSPS) is 16.7. The molecule has 0 aromatic carbocycles. The van der Waals surface area contributed by atoms with Crippen LogP contribution in [-0.2, 0) is 9.53 Å². The summed E-state index contributed by atoms with van der Waals surface area (Å²) in [4.78, 5) is 25.1. The maximum absolute atomic E-state index is 12.4. The van der Waals surface area contributed by atoms with Gasteiger partial charge in [0.1, 0.15) is 6.61 Å². The van der Waals surface area contributed by atoms with Gasteiger partial charge in [0, 0.05) is 0 Å². The molecule has 2 rings (SSSR count). The summed E-state index contributed by atoms with van der Waals surface area (Å²) >= 11 is 1.58. The summed E-state index contributed by atoms with van der Waals surface area (Å²) in [5.41, 5.74) is 1.01. The van der Waals surface area contributed by atoms with Crippen LogP contribution in [0, 0.1) is 0 Å². The summed E-state index contributed by atoms with van der Waals surface area (Å²) in [6.07, 6.45) is 2.31. The van der Waals surface area contributed by atoms with Crippen LogP contribution in [-0.4, -0.2) is 30.1 Å². The van der Waals surface area contributed by atoms with Crippen molar-refractivity contribution in [1.29, 1.82) is 0 Å². The van der Waals surface area contributed by atoms with E-state index in [4.69, 9.17) is 4.74 Å². The largest absolute Gasteiger partial charge is 0.447 e. The van der Waals surface area contributed by atoms with Crippen LogP contribution in [0.2, 0.25) is 0 Å². The standard InChI is InChI=1S/C13H17NO3S/c1-2-3-4-11(10-5-8-18-9-10)12(15)14-6-7-17-13(14)16/h5,8-9,11H,2-4,6-7H2,1H3. The van der Waals surface area contributed by atoms with Gasteiger partial charge in [0.2, 0.25) is 5.91 Å². The second-order valence-electron chi connectivity index (χ2n) is 4.36. The molecule has 1 aromatic heterocycles. The summed E-state index contributed by atoms with van der Waals surface area (Å²) in [5, 5.41) is 3.95. The number of rotatable bonds is 5.